The second-order valence-electron chi connectivity index (χ2n) is 7.76. The lowest BCUT2D eigenvalue weighted by atomic mass is 10.2. The third-order valence-corrected chi connectivity index (χ3v) is 13.5. The largest absolute Gasteiger partial charge is 0.455 e. The highest BCUT2D eigenvalue weighted by Crippen LogP contribution is 2.39. The first-order valence-corrected chi connectivity index (χ1v) is 13.5. The summed E-state index contributed by atoms with van der Waals surface area (Å²) in [4.78, 5) is 0. The van der Waals surface area contributed by atoms with Gasteiger partial charge >= 0.3 is 0 Å². The second-order valence-corrected chi connectivity index (χ2v) is 17.1. The highest BCUT2D eigenvalue weighted by atomic mass is 28.4. The minimum Gasteiger partial charge on any atom is -0.455 e. The Balaban J connectivity index is 2.25. The lowest BCUT2D eigenvalue weighted by molar-refractivity contribution is 0.116. The van der Waals surface area contributed by atoms with Gasteiger partial charge in [-0.25, -0.2) is 0 Å². The minimum atomic E-state index is -1.62. The van der Waals surface area contributed by atoms with Crippen LogP contribution in [0.25, 0.3) is 0 Å². The van der Waals surface area contributed by atoms with E-state index in [1.807, 2.05) is 0 Å². The molecule has 0 aromatic heterocycles. The van der Waals surface area contributed by atoms with Crippen molar-refractivity contribution >= 4 is 16.6 Å². The molecule has 1 aliphatic rings. The molecule has 0 saturated carbocycles. The average molecular weight is 305 g/mol. The van der Waals surface area contributed by atoms with Crippen LogP contribution in [0, 0.1) is 0 Å². The third kappa shape index (κ3) is 6.53. The van der Waals surface area contributed by atoms with Gasteiger partial charge in [-0.1, -0.05) is 20.8 Å². The molecule has 1 heterocycles. The lowest BCUT2D eigenvalue weighted by Crippen LogP contribution is -2.49. The molecule has 3 nitrogen and oxygen atoms in total. The highest BCUT2D eigenvalue weighted by Gasteiger charge is 2.41. The second kappa shape index (κ2) is 6.39. The Morgan fingerprint density at radius 2 is 1.74 bits per heavy atom. The van der Waals surface area contributed by atoms with Gasteiger partial charge in [0, 0.05) is 6.61 Å². The maximum Gasteiger partial charge on any atom is 0.178 e. The van der Waals surface area contributed by atoms with Gasteiger partial charge in [0.25, 0.3) is 0 Å². The van der Waals surface area contributed by atoms with Crippen LogP contribution >= 0.6 is 0 Å². The number of hydrogen-bond donors (Lipinski definition) is 0. The van der Waals surface area contributed by atoms with Crippen molar-refractivity contribution in [2.75, 3.05) is 19.8 Å². The van der Waals surface area contributed by atoms with Gasteiger partial charge in [-0.05, 0) is 43.7 Å². The highest BCUT2D eigenvalue weighted by molar-refractivity contribution is 6.86. The van der Waals surface area contributed by atoms with E-state index in [9.17, 15) is 0 Å². The van der Waals surface area contributed by atoms with Crippen LogP contribution in [-0.2, 0) is 13.6 Å². The smallest absolute Gasteiger partial charge is 0.178 e. The van der Waals surface area contributed by atoms with Crippen LogP contribution in [-0.4, -0.2) is 42.6 Å². The zero-order chi connectivity index (χ0) is 14.7. The summed E-state index contributed by atoms with van der Waals surface area (Å²) in [7, 11) is -3.18. The van der Waals surface area contributed by atoms with Crippen LogP contribution in [0.4, 0.5) is 0 Å². The molecule has 1 fully saturated rings. The standard InChI is InChI=1S/C14H32O3Si2/c1-14(2,3)19(6,7)17-18(4,5)10-8-9-15-11-13-12-16-13/h13H,8-12H2,1-7H3. The van der Waals surface area contributed by atoms with E-state index in [0.29, 0.717) is 11.1 Å². The molecule has 1 aliphatic heterocycles. The van der Waals surface area contributed by atoms with Crippen LogP contribution in [0.3, 0.4) is 0 Å². The Labute approximate surface area is 121 Å². The Morgan fingerprint density at radius 1 is 1.16 bits per heavy atom. The molecule has 0 N–H and O–H groups in total. The third-order valence-electron chi connectivity index (χ3n) is 4.11. The van der Waals surface area contributed by atoms with Crippen molar-refractivity contribution in [3.63, 3.8) is 0 Å². The summed E-state index contributed by atoms with van der Waals surface area (Å²) in [5.41, 5.74) is 0. The number of epoxide rings is 1. The fraction of sp³-hybridized carbons (Fsp3) is 1.00. The SMILES string of the molecule is CC(C)(C)[Si](C)(C)O[Si](C)(C)CCCOCC1CO1. The van der Waals surface area contributed by atoms with Gasteiger partial charge in [-0.3, -0.25) is 0 Å². The van der Waals surface area contributed by atoms with Crippen molar-refractivity contribution in [2.24, 2.45) is 0 Å². The molecule has 1 unspecified atom stereocenters. The zero-order valence-corrected chi connectivity index (χ0v) is 15.8. The predicted molar refractivity (Wildman–Crippen MR) is 85.7 cm³/mol. The van der Waals surface area contributed by atoms with E-state index >= 15 is 0 Å². The first-order chi connectivity index (χ1) is 8.54. The fourth-order valence-electron chi connectivity index (χ4n) is 1.87. The molecule has 0 aliphatic carbocycles. The van der Waals surface area contributed by atoms with Crippen LogP contribution in [0.15, 0.2) is 0 Å². The topological polar surface area (TPSA) is 31.0 Å². The van der Waals surface area contributed by atoms with Crippen LogP contribution < -0.4 is 0 Å². The van der Waals surface area contributed by atoms with Gasteiger partial charge in [0.05, 0.1) is 13.2 Å². The van der Waals surface area contributed by atoms with Crippen LogP contribution in [0.1, 0.15) is 27.2 Å². The van der Waals surface area contributed by atoms with Crippen LogP contribution in [0.2, 0.25) is 37.3 Å². The minimum absolute atomic E-state index is 0.303. The molecular weight excluding hydrogens is 272 g/mol. The maximum atomic E-state index is 6.63. The van der Waals surface area contributed by atoms with Crippen molar-refractivity contribution in [2.45, 2.75) is 70.6 Å². The van der Waals surface area contributed by atoms with Gasteiger partial charge in [0.2, 0.25) is 0 Å². The Kier molecular flexibility index (Phi) is 5.84. The zero-order valence-electron chi connectivity index (χ0n) is 13.8. The van der Waals surface area contributed by atoms with Gasteiger partial charge in [-0.2, -0.15) is 0 Å². The Hall–Kier alpha value is 0.314. The van der Waals surface area contributed by atoms with E-state index in [0.717, 1.165) is 26.2 Å². The normalized spacial score (nSPS) is 20.7. The summed E-state index contributed by atoms with van der Waals surface area (Å²) in [6.45, 7) is 18.8. The summed E-state index contributed by atoms with van der Waals surface area (Å²) in [5.74, 6) is 0. The molecule has 0 aromatic rings. The van der Waals surface area contributed by atoms with E-state index in [1.54, 1.807) is 0 Å². The van der Waals surface area contributed by atoms with Gasteiger partial charge in [0.15, 0.2) is 16.6 Å². The molecule has 0 spiro atoms. The molecule has 0 bridgehead atoms. The quantitative estimate of drug-likeness (QED) is 0.385. The van der Waals surface area contributed by atoms with Crippen molar-refractivity contribution in [1.82, 2.24) is 0 Å². The van der Waals surface area contributed by atoms with Crippen molar-refractivity contribution < 1.29 is 13.6 Å². The maximum absolute atomic E-state index is 6.63. The molecule has 0 radical (unpaired) electrons. The van der Waals surface area contributed by atoms with E-state index in [-0.39, 0.29) is 0 Å². The molecule has 1 rings (SSSR count). The fourth-order valence-corrected chi connectivity index (χ4v) is 10.0. The van der Waals surface area contributed by atoms with Crippen molar-refractivity contribution in [1.29, 1.82) is 0 Å². The molecule has 19 heavy (non-hydrogen) atoms. The summed E-state index contributed by atoms with van der Waals surface area (Å²) < 4.78 is 17.4. The first kappa shape index (κ1) is 17.4. The average Bonchev–Trinajstić information content (AvgIpc) is 2.97. The molecule has 1 atom stereocenters. The molecule has 114 valence electrons. The van der Waals surface area contributed by atoms with Gasteiger partial charge in [0.1, 0.15) is 6.10 Å². The lowest BCUT2D eigenvalue weighted by Gasteiger charge is -2.42. The Bertz CT molecular complexity index is 281. The molecule has 1 saturated heterocycles. The Morgan fingerprint density at radius 3 is 2.21 bits per heavy atom. The summed E-state index contributed by atoms with van der Waals surface area (Å²) in [5, 5.41) is 0.303. The molecule has 5 heteroatoms. The predicted octanol–water partition coefficient (Wildman–Crippen LogP) is 4.02. The summed E-state index contributed by atoms with van der Waals surface area (Å²) in [6, 6.07) is 1.19. The summed E-state index contributed by atoms with van der Waals surface area (Å²) in [6.07, 6.45) is 1.49. The molecule has 0 aromatic carbocycles. The van der Waals surface area contributed by atoms with Gasteiger partial charge in [-0.15, -0.1) is 0 Å². The van der Waals surface area contributed by atoms with Crippen LogP contribution in [0.5, 0.6) is 0 Å². The van der Waals surface area contributed by atoms with E-state index < -0.39 is 16.6 Å². The summed E-state index contributed by atoms with van der Waals surface area (Å²) >= 11 is 0. The number of ether oxygens (including phenoxy) is 2. The van der Waals surface area contributed by atoms with Crippen molar-refractivity contribution in [3.8, 4) is 0 Å². The molecule has 0 amide bonds. The van der Waals surface area contributed by atoms with E-state index in [1.165, 1.54) is 6.04 Å². The monoisotopic (exact) mass is 304 g/mol. The molecular formula is C14H32O3Si2. The van der Waals surface area contributed by atoms with Gasteiger partial charge < -0.3 is 13.6 Å². The number of rotatable bonds is 8. The van der Waals surface area contributed by atoms with E-state index in [2.05, 4.69) is 47.0 Å². The van der Waals surface area contributed by atoms with Crippen molar-refractivity contribution in [3.05, 3.63) is 0 Å². The number of hydrogen-bond acceptors (Lipinski definition) is 3. The van der Waals surface area contributed by atoms with E-state index in [4.69, 9.17) is 13.6 Å². The first-order valence-electron chi connectivity index (χ1n) is 7.43.